The normalized spacial score (nSPS) is 11.1. The lowest BCUT2D eigenvalue weighted by Crippen LogP contribution is -2.34. The van der Waals surface area contributed by atoms with Crippen LogP contribution in [0.5, 0.6) is 0 Å². The maximum atomic E-state index is 12.7. The predicted molar refractivity (Wildman–Crippen MR) is 121 cm³/mol. The van der Waals surface area contributed by atoms with E-state index in [1.54, 1.807) is 0 Å². The molecule has 4 rings (SSSR count). The molecule has 6 nitrogen and oxygen atoms in total. The summed E-state index contributed by atoms with van der Waals surface area (Å²) in [5, 5.41) is 2.54. The van der Waals surface area contributed by atoms with Crippen LogP contribution in [0.1, 0.15) is 16.0 Å². The van der Waals surface area contributed by atoms with Crippen molar-refractivity contribution in [2.24, 2.45) is 0 Å². The van der Waals surface area contributed by atoms with Crippen LogP contribution in [0, 0.1) is 20.8 Å². The van der Waals surface area contributed by atoms with E-state index in [9.17, 15) is 9.59 Å². The van der Waals surface area contributed by atoms with Gasteiger partial charge in [0, 0.05) is 15.8 Å². The Hall–Kier alpha value is -2.49. The number of nitrogens with zero attached hydrogens (tertiary/aromatic N) is 3. The molecule has 29 heavy (non-hydrogen) atoms. The minimum Gasteiger partial charge on any atom is -0.272 e. The molecule has 0 aliphatic heterocycles. The molecule has 0 atom stereocenters. The third kappa shape index (κ3) is 4.12. The average Bonchev–Trinajstić information content (AvgIpc) is 3.28. The van der Waals surface area contributed by atoms with Gasteiger partial charge in [0.25, 0.3) is 5.56 Å². The number of thiazole rings is 1. The fraction of sp³-hybridized carbons (Fsp3) is 0.200. The average molecular weight is 443 g/mol. The Morgan fingerprint density at radius 2 is 1.97 bits per heavy atom. The van der Waals surface area contributed by atoms with Gasteiger partial charge < -0.3 is 0 Å². The van der Waals surface area contributed by atoms with E-state index >= 15 is 0 Å². The molecular weight excluding hydrogens is 424 g/mol. The lowest BCUT2D eigenvalue weighted by molar-refractivity contribution is -0.114. The number of thioether (sulfide) groups is 1. The SMILES string of the molecule is Cc1ccc(-c2csc(SCC(=O)Nn3cnc4sc(C)c(C)c4c3=O)n2)cc1. The summed E-state index contributed by atoms with van der Waals surface area (Å²) in [6.07, 6.45) is 1.36. The minimum absolute atomic E-state index is 0.160. The predicted octanol–water partition coefficient (Wildman–Crippen LogP) is 4.37. The van der Waals surface area contributed by atoms with Crippen molar-refractivity contribution < 1.29 is 4.79 Å². The zero-order valence-electron chi connectivity index (χ0n) is 16.1. The fourth-order valence-electron chi connectivity index (χ4n) is 2.79. The van der Waals surface area contributed by atoms with Crippen molar-refractivity contribution in [3.63, 3.8) is 0 Å². The van der Waals surface area contributed by atoms with Crippen molar-refractivity contribution in [2.45, 2.75) is 25.1 Å². The molecule has 0 saturated carbocycles. The van der Waals surface area contributed by atoms with Gasteiger partial charge in [-0.1, -0.05) is 41.6 Å². The molecule has 3 aromatic heterocycles. The van der Waals surface area contributed by atoms with Gasteiger partial charge in [0.05, 0.1) is 16.8 Å². The number of thiophene rings is 1. The summed E-state index contributed by atoms with van der Waals surface area (Å²) in [5.41, 5.74) is 6.41. The van der Waals surface area contributed by atoms with E-state index in [1.807, 2.05) is 50.4 Å². The second-order valence-electron chi connectivity index (χ2n) is 6.57. The van der Waals surface area contributed by atoms with Crippen molar-refractivity contribution in [2.75, 3.05) is 11.2 Å². The van der Waals surface area contributed by atoms with Crippen molar-refractivity contribution in [3.05, 3.63) is 62.3 Å². The molecule has 9 heteroatoms. The van der Waals surface area contributed by atoms with Crippen LogP contribution in [0.15, 0.2) is 45.1 Å². The first-order chi connectivity index (χ1) is 13.9. The van der Waals surface area contributed by atoms with Gasteiger partial charge in [-0.15, -0.1) is 22.7 Å². The van der Waals surface area contributed by atoms with Gasteiger partial charge in [-0.05, 0) is 26.3 Å². The minimum atomic E-state index is -0.282. The van der Waals surface area contributed by atoms with Gasteiger partial charge in [0.1, 0.15) is 11.2 Å². The smallest absolute Gasteiger partial charge is 0.272 e. The quantitative estimate of drug-likeness (QED) is 0.465. The second kappa shape index (κ2) is 8.10. The molecule has 1 N–H and O–H groups in total. The summed E-state index contributed by atoms with van der Waals surface area (Å²) in [7, 11) is 0. The molecule has 0 aliphatic carbocycles. The first-order valence-corrected chi connectivity index (χ1v) is 11.5. The maximum Gasteiger partial charge on any atom is 0.281 e. The zero-order valence-corrected chi connectivity index (χ0v) is 18.5. The summed E-state index contributed by atoms with van der Waals surface area (Å²) >= 11 is 4.32. The number of amides is 1. The van der Waals surface area contributed by atoms with Crippen LogP contribution in [-0.4, -0.2) is 26.3 Å². The molecule has 0 saturated heterocycles. The number of hydrogen-bond acceptors (Lipinski definition) is 7. The number of carbonyl (C=O) groups excluding carboxylic acids is 1. The highest BCUT2D eigenvalue weighted by molar-refractivity contribution is 8.01. The molecule has 0 aliphatic rings. The molecule has 0 spiro atoms. The third-order valence-corrected chi connectivity index (χ3v) is 7.63. The highest BCUT2D eigenvalue weighted by atomic mass is 32.2. The molecule has 0 fully saturated rings. The standard InChI is InChI=1S/C20H18N4O2S3/c1-11-4-6-14(7-5-11)15-8-27-20(22-15)28-9-16(25)23-24-10-21-18-17(19(24)26)12(2)13(3)29-18/h4-8,10H,9H2,1-3H3,(H,23,25). The van der Waals surface area contributed by atoms with E-state index in [0.29, 0.717) is 10.2 Å². The molecule has 3 heterocycles. The number of rotatable bonds is 5. The number of carbonyl (C=O) groups is 1. The van der Waals surface area contributed by atoms with Gasteiger partial charge >= 0.3 is 0 Å². The van der Waals surface area contributed by atoms with Gasteiger partial charge in [0.2, 0.25) is 5.91 Å². The number of aromatic nitrogens is 3. The molecule has 1 aromatic carbocycles. The van der Waals surface area contributed by atoms with E-state index in [1.165, 1.54) is 46.3 Å². The molecule has 4 aromatic rings. The van der Waals surface area contributed by atoms with Crippen LogP contribution in [0.25, 0.3) is 21.5 Å². The van der Waals surface area contributed by atoms with Gasteiger partial charge in [0.15, 0.2) is 4.34 Å². The van der Waals surface area contributed by atoms with Crippen LogP contribution >= 0.6 is 34.4 Å². The number of fused-ring (bicyclic) bond motifs is 1. The molecule has 1 amide bonds. The van der Waals surface area contributed by atoms with Crippen LogP contribution in [0.2, 0.25) is 0 Å². The molecule has 0 bridgehead atoms. The summed E-state index contributed by atoms with van der Waals surface area (Å²) in [5.74, 6) is -0.123. The largest absolute Gasteiger partial charge is 0.281 e. The Kier molecular flexibility index (Phi) is 5.53. The Labute approximate surface area is 179 Å². The molecule has 0 unspecified atom stereocenters. The monoisotopic (exact) mass is 442 g/mol. The van der Waals surface area contributed by atoms with Crippen molar-refractivity contribution in [3.8, 4) is 11.3 Å². The maximum absolute atomic E-state index is 12.7. The van der Waals surface area contributed by atoms with Crippen molar-refractivity contribution in [1.82, 2.24) is 14.6 Å². The van der Waals surface area contributed by atoms with E-state index in [0.717, 1.165) is 30.7 Å². The Morgan fingerprint density at radius 1 is 1.21 bits per heavy atom. The Balaban J connectivity index is 1.43. The van der Waals surface area contributed by atoms with Crippen molar-refractivity contribution >= 4 is 50.6 Å². The van der Waals surface area contributed by atoms with E-state index in [2.05, 4.69) is 15.4 Å². The van der Waals surface area contributed by atoms with E-state index < -0.39 is 0 Å². The second-order valence-corrected chi connectivity index (χ2v) is 9.86. The van der Waals surface area contributed by atoms with Crippen LogP contribution in [-0.2, 0) is 4.79 Å². The highest BCUT2D eigenvalue weighted by Gasteiger charge is 2.14. The van der Waals surface area contributed by atoms with Crippen molar-refractivity contribution in [1.29, 1.82) is 0 Å². The van der Waals surface area contributed by atoms with Crippen LogP contribution < -0.4 is 11.0 Å². The lowest BCUT2D eigenvalue weighted by atomic mass is 10.1. The van der Waals surface area contributed by atoms with E-state index in [-0.39, 0.29) is 17.2 Å². The Bertz CT molecular complexity index is 1260. The van der Waals surface area contributed by atoms with Crippen LogP contribution in [0.4, 0.5) is 0 Å². The Morgan fingerprint density at radius 3 is 2.72 bits per heavy atom. The topological polar surface area (TPSA) is 76.9 Å². The number of benzene rings is 1. The molecule has 0 radical (unpaired) electrons. The van der Waals surface area contributed by atoms with Gasteiger partial charge in [-0.3, -0.25) is 15.0 Å². The van der Waals surface area contributed by atoms with Gasteiger partial charge in [-0.25, -0.2) is 14.6 Å². The fourth-order valence-corrected chi connectivity index (χ4v) is 5.40. The molecule has 148 valence electrons. The summed E-state index contributed by atoms with van der Waals surface area (Å²) < 4.78 is 1.96. The zero-order chi connectivity index (χ0) is 20.5. The summed E-state index contributed by atoms with van der Waals surface area (Å²) in [4.78, 5) is 35.6. The first-order valence-electron chi connectivity index (χ1n) is 8.85. The molecular formula is C20H18N4O2S3. The number of aryl methyl sites for hydroxylation is 3. The highest BCUT2D eigenvalue weighted by Crippen LogP contribution is 2.28. The first kappa shape index (κ1) is 19.8. The number of hydrogen-bond donors (Lipinski definition) is 1. The van der Waals surface area contributed by atoms with E-state index in [4.69, 9.17) is 0 Å². The summed E-state index contributed by atoms with van der Waals surface area (Å²) in [6, 6.07) is 8.17. The van der Waals surface area contributed by atoms with Gasteiger partial charge in [-0.2, -0.15) is 0 Å². The summed E-state index contributed by atoms with van der Waals surface area (Å²) in [6.45, 7) is 5.90. The van der Waals surface area contributed by atoms with Crippen LogP contribution in [0.3, 0.4) is 0 Å². The third-order valence-electron chi connectivity index (χ3n) is 4.49. The number of nitrogens with one attached hydrogen (secondary N) is 1. The lowest BCUT2D eigenvalue weighted by Gasteiger charge is -2.07.